The van der Waals surface area contributed by atoms with Crippen molar-refractivity contribution in [3.8, 4) is 23.0 Å². The van der Waals surface area contributed by atoms with E-state index in [0.29, 0.717) is 22.9 Å². The number of nitrogens with two attached hydrogens (primary N) is 1. The van der Waals surface area contributed by atoms with Gasteiger partial charge in [0.1, 0.15) is 28.6 Å². The molecule has 24 heavy (non-hydrogen) atoms. The first kappa shape index (κ1) is 15.4. The Labute approximate surface area is 138 Å². The number of anilines is 1. The Morgan fingerprint density at radius 2 is 1.50 bits per heavy atom. The molecule has 0 radical (unpaired) electrons. The lowest BCUT2D eigenvalue weighted by Crippen LogP contribution is -2.08. The molecule has 3 N–H and O–H groups in total. The van der Waals surface area contributed by atoms with Gasteiger partial charge in [-0.1, -0.05) is 18.2 Å². The van der Waals surface area contributed by atoms with Crippen LogP contribution in [0.3, 0.4) is 0 Å². The van der Waals surface area contributed by atoms with Crippen LogP contribution in [0.4, 0.5) is 5.69 Å². The number of hydrogen-bond donors (Lipinski definition) is 2. The first-order valence-electron chi connectivity index (χ1n) is 7.25. The van der Waals surface area contributed by atoms with E-state index in [0.717, 1.165) is 0 Å². The monoisotopic (exact) mass is 321 g/mol. The van der Waals surface area contributed by atoms with Crippen molar-refractivity contribution in [1.82, 2.24) is 0 Å². The van der Waals surface area contributed by atoms with Crippen molar-refractivity contribution in [2.45, 2.75) is 0 Å². The van der Waals surface area contributed by atoms with Gasteiger partial charge in [0.15, 0.2) is 0 Å². The van der Waals surface area contributed by atoms with Crippen LogP contribution in [0.25, 0.3) is 0 Å². The number of rotatable bonds is 4. The quantitative estimate of drug-likeness (QED) is 0.431. The zero-order valence-electron chi connectivity index (χ0n) is 12.7. The predicted molar refractivity (Wildman–Crippen MR) is 90.4 cm³/mol. The Hall–Kier alpha value is -3.47. The Kier molecular flexibility index (Phi) is 4.34. The van der Waals surface area contributed by atoms with Gasteiger partial charge in [0.2, 0.25) is 0 Å². The summed E-state index contributed by atoms with van der Waals surface area (Å²) in [7, 11) is 0. The number of esters is 1. The number of carbonyl (C=O) groups is 1. The third-order valence-corrected chi connectivity index (χ3v) is 3.26. The second-order valence-electron chi connectivity index (χ2n) is 5.05. The fraction of sp³-hybridized carbons (Fsp3) is 0. The second kappa shape index (κ2) is 6.75. The van der Waals surface area contributed by atoms with Gasteiger partial charge in [-0.15, -0.1) is 0 Å². The van der Waals surface area contributed by atoms with Gasteiger partial charge < -0.3 is 20.3 Å². The molecule has 0 aliphatic heterocycles. The number of hydrogen-bond acceptors (Lipinski definition) is 5. The lowest BCUT2D eigenvalue weighted by atomic mass is 10.2. The molecule has 0 saturated heterocycles. The van der Waals surface area contributed by atoms with Crippen molar-refractivity contribution in [2.75, 3.05) is 5.73 Å². The summed E-state index contributed by atoms with van der Waals surface area (Å²) < 4.78 is 10.9. The van der Waals surface area contributed by atoms with E-state index in [-0.39, 0.29) is 11.3 Å². The van der Waals surface area contributed by atoms with E-state index in [1.807, 2.05) is 6.07 Å². The lowest BCUT2D eigenvalue weighted by Gasteiger charge is -2.09. The van der Waals surface area contributed by atoms with Crippen LogP contribution in [0.15, 0.2) is 72.8 Å². The van der Waals surface area contributed by atoms with Crippen molar-refractivity contribution in [3.63, 3.8) is 0 Å². The maximum Gasteiger partial charge on any atom is 0.347 e. The molecule has 3 rings (SSSR count). The SMILES string of the molecule is Nc1ccc(Oc2ccc(O)c(C(=O)Oc3ccccc3)c2)cc1. The average molecular weight is 321 g/mol. The van der Waals surface area contributed by atoms with Crippen molar-refractivity contribution < 1.29 is 19.4 Å². The van der Waals surface area contributed by atoms with Gasteiger partial charge in [-0.3, -0.25) is 0 Å². The molecule has 0 bridgehead atoms. The highest BCUT2D eigenvalue weighted by Gasteiger charge is 2.15. The van der Waals surface area contributed by atoms with Crippen molar-refractivity contribution in [2.24, 2.45) is 0 Å². The standard InChI is InChI=1S/C19H15NO4/c20-13-6-8-15(9-7-13)23-16-10-11-18(21)17(12-16)19(22)24-14-4-2-1-3-5-14/h1-12,21H,20H2. The second-order valence-corrected chi connectivity index (χ2v) is 5.05. The largest absolute Gasteiger partial charge is 0.507 e. The Morgan fingerprint density at radius 3 is 2.21 bits per heavy atom. The summed E-state index contributed by atoms with van der Waals surface area (Å²) in [5, 5.41) is 9.91. The molecule has 0 fully saturated rings. The molecular weight excluding hydrogens is 306 g/mol. The number of aromatic hydroxyl groups is 1. The van der Waals surface area contributed by atoms with Crippen molar-refractivity contribution >= 4 is 11.7 Å². The summed E-state index contributed by atoms with van der Waals surface area (Å²) in [6.07, 6.45) is 0. The number of carbonyl (C=O) groups excluding carboxylic acids is 1. The van der Waals surface area contributed by atoms with Crippen LogP contribution in [0.2, 0.25) is 0 Å². The Bertz CT molecular complexity index is 845. The molecule has 0 heterocycles. The minimum Gasteiger partial charge on any atom is -0.507 e. The zero-order valence-corrected chi connectivity index (χ0v) is 12.7. The molecule has 0 atom stereocenters. The van der Waals surface area contributed by atoms with Crippen LogP contribution >= 0.6 is 0 Å². The molecule has 0 spiro atoms. The molecule has 5 nitrogen and oxygen atoms in total. The highest BCUT2D eigenvalue weighted by Crippen LogP contribution is 2.28. The Balaban J connectivity index is 1.80. The smallest absolute Gasteiger partial charge is 0.347 e. The van der Waals surface area contributed by atoms with Gasteiger partial charge >= 0.3 is 5.97 Å². The molecule has 0 aromatic heterocycles. The summed E-state index contributed by atoms with van der Waals surface area (Å²) in [6.45, 7) is 0. The van der Waals surface area contributed by atoms with Crippen LogP contribution in [-0.4, -0.2) is 11.1 Å². The number of ether oxygens (including phenoxy) is 2. The zero-order chi connectivity index (χ0) is 16.9. The van der Waals surface area contributed by atoms with Gasteiger partial charge in [-0.05, 0) is 54.6 Å². The van der Waals surface area contributed by atoms with E-state index >= 15 is 0 Å². The molecule has 0 unspecified atom stereocenters. The van der Waals surface area contributed by atoms with Gasteiger partial charge in [-0.2, -0.15) is 0 Å². The average Bonchev–Trinajstić information content (AvgIpc) is 2.59. The van der Waals surface area contributed by atoms with E-state index in [4.69, 9.17) is 15.2 Å². The van der Waals surface area contributed by atoms with Gasteiger partial charge in [0.25, 0.3) is 0 Å². The van der Waals surface area contributed by atoms with E-state index in [2.05, 4.69) is 0 Å². The molecule has 5 heteroatoms. The minimum atomic E-state index is -0.665. The number of phenolic OH excluding ortho intramolecular Hbond substituents is 1. The van der Waals surface area contributed by atoms with E-state index < -0.39 is 5.97 Å². The summed E-state index contributed by atoms with van der Waals surface area (Å²) in [4.78, 5) is 12.2. The fourth-order valence-corrected chi connectivity index (χ4v) is 2.06. The van der Waals surface area contributed by atoms with E-state index in [1.165, 1.54) is 12.1 Å². The van der Waals surface area contributed by atoms with E-state index in [9.17, 15) is 9.90 Å². The number of benzene rings is 3. The molecular formula is C19H15NO4. The lowest BCUT2D eigenvalue weighted by molar-refractivity contribution is 0.0731. The van der Waals surface area contributed by atoms with Crippen LogP contribution in [0, 0.1) is 0 Å². The van der Waals surface area contributed by atoms with Crippen LogP contribution in [0.5, 0.6) is 23.0 Å². The molecule has 0 saturated carbocycles. The van der Waals surface area contributed by atoms with E-state index in [1.54, 1.807) is 54.6 Å². The molecule has 0 aliphatic rings. The Morgan fingerprint density at radius 1 is 0.833 bits per heavy atom. The molecule has 120 valence electrons. The highest BCUT2D eigenvalue weighted by molar-refractivity contribution is 5.94. The predicted octanol–water partition coefficient (Wildman–Crippen LogP) is 3.99. The third kappa shape index (κ3) is 3.64. The number of para-hydroxylation sites is 1. The van der Waals surface area contributed by atoms with Gasteiger partial charge in [0.05, 0.1) is 0 Å². The normalized spacial score (nSPS) is 10.2. The molecule has 0 amide bonds. The van der Waals surface area contributed by atoms with Crippen LogP contribution in [-0.2, 0) is 0 Å². The van der Waals surface area contributed by atoms with Crippen molar-refractivity contribution in [1.29, 1.82) is 0 Å². The maximum absolute atomic E-state index is 12.2. The number of nitrogen functional groups attached to an aromatic ring is 1. The summed E-state index contributed by atoms with van der Waals surface area (Å²) in [5.41, 5.74) is 6.27. The van der Waals surface area contributed by atoms with Crippen LogP contribution in [0.1, 0.15) is 10.4 Å². The first-order chi connectivity index (χ1) is 11.6. The maximum atomic E-state index is 12.2. The van der Waals surface area contributed by atoms with Crippen molar-refractivity contribution in [3.05, 3.63) is 78.4 Å². The summed E-state index contributed by atoms with van der Waals surface area (Å²) in [5.74, 6) is 0.517. The minimum absolute atomic E-state index is 0.0202. The van der Waals surface area contributed by atoms with Crippen LogP contribution < -0.4 is 15.2 Å². The molecule has 3 aromatic rings. The highest BCUT2D eigenvalue weighted by atomic mass is 16.5. The van der Waals surface area contributed by atoms with Gasteiger partial charge in [0, 0.05) is 5.69 Å². The fourth-order valence-electron chi connectivity index (χ4n) is 2.06. The summed E-state index contributed by atoms with van der Waals surface area (Å²) >= 11 is 0. The topological polar surface area (TPSA) is 81.8 Å². The third-order valence-electron chi connectivity index (χ3n) is 3.26. The molecule has 0 aliphatic carbocycles. The summed E-state index contributed by atoms with van der Waals surface area (Å²) in [6, 6.07) is 19.8. The number of phenols is 1. The molecule has 3 aromatic carbocycles. The van der Waals surface area contributed by atoms with Gasteiger partial charge in [-0.25, -0.2) is 4.79 Å². The first-order valence-corrected chi connectivity index (χ1v) is 7.25.